The van der Waals surface area contributed by atoms with Crippen LogP contribution in [-0.4, -0.2) is 8.80 Å². The van der Waals surface area contributed by atoms with Gasteiger partial charge in [0, 0.05) is 5.92 Å². The number of fused-ring (bicyclic) bond motifs is 1. The van der Waals surface area contributed by atoms with Gasteiger partial charge in [-0.05, 0) is 17.5 Å². The minimum Gasteiger partial charge on any atom is -0.0806 e. The summed E-state index contributed by atoms with van der Waals surface area (Å²) >= 11 is 0. The molecule has 2 aliphatic rings. The lowest BCUT2D eigenvalue weighted by Gasteiger charge is -2.17. The number of hydrogen-bond donors (Lipinski definition) is 0. The van der Waals surface area contributed by atoms with Crippen LogP contribution < -0.4 is 0 Å². The molecule has 0 saturated carbocycles. The molecule has 85 valence electrons. The molecule has 0 amide bonds. The van der Waals surface area contributed by atoms with Gasteiger partial charge in [0.1, 0.15) is 0 Å². The third-order valence-electron chi connectivity index (χ3n) is 3.68. The van der Waals surface area contributed by atoms with Gasteiger partial charge in [-0.3, -0.25) is 0 Å². The highest BCUT2D eigenvalue weighted by Crippen LogP contribution is 2.40. The molecule has 0 spiro atoms. The van der Waals surface area contributed by atoms with Gasteiger partial charge in [0.2, 0.25) is 0 Å². The van der Waals surface area contributed by atoms with Crippen LogP contribution in [-0.2, 0) is 0 Å². The van der Waals surface area contributed by atoms with E-state index in [-0.39, 0.29) is 8.80 Å². The molecule has 1 heteroatoms. The molecule has 0 N–H and O–H groups in total. The van der Waals surface area contributed by atoms with Gasteiger partial charge in [-0.2, -0.15) is 0 Å². The highest BCUT2D eigenvalue weighted by Gasteiger charge is 2.24. The third kappa shape index (κ3) is 1.75. The summed E-state index contributed by atoms with van der Waals surface area (Å²) in [7, 11) is -0.340. The van der Waals surface area contributed by atoms with Crippen LogP contribution in [0.5, 0.6) is 0 Å². The Hall–Kier alpha value is -1.34. The van der Waals surface area contributed by atoms with Crippen LogP contribution in [0.3, 0.4) is 0 Å². The molecule has 0 saturated heterocycles. The maximum Gasteiger partial charge on any atom is 0.0791 e. The molecule has 1 aromatic rings. The molecule has 1 radical (unpaired) electrons. The lowest BCUT2D eigenvalue weighted by Crippen LogP contribution is -2.08. The van der Waals surface area contributed by atoms with Gasteiger partial charge in [0.25, 0.3) is 0 Å². The van der Waals surface area contributed by atoms with Gasteiger partial charge in [-0.25, -0.2) is 0 Å². The minimum absolute atomic E-state index is 0.340. The average Bonchev–Trinajstić information content (AvgIpc) is 2.94. The maximum atomic E-state index is 2.39. The van der Waals surface area contributed by atoms with Gasteiger partial charge < -0.3 is 0 Å². The Bertz CT molecular complexity index is 532. The Balaban J connectivity index is 2.04. The van der Waals surface area contributed by atoms with Crippen molar-refractivity contribution >= 4 is 14.9 Å². The predicted octanol–water partition coefficient (Wildman–Crippen LogP) is 4.35. The number of benzene rings is 1. The number of allylic oxidation sites excluding steroid dienone is 5. The largest absolute Gasteiger partial charge is 0.0806 e. The van der Waals surface area contributed by atoms with Gasteiger partial charge in [0.15, 0.2) is 0 Å². The first kappa shape index (κ1) is 10.8. The average molecular weight is 237 g/mol. The van der Waals surface area contributed by atoms with E-state index in [1.54, 1.807) is 10.8 Å². The summed E-state index contributed by atoms with van der Waals surface area (Å²) in [4.78, 5) is 0. The lowest BCUT2D eigenvalue weighted by atomic mass is 9.92. The molecule has 17 heavy (non-hydrogen) atoms. The fraction of sp³-hybridized carbons (Fsp3) is 0.250. The van der Waals surface area contributed by atoms with Gasteiger partial charge >= 0.3 is 0 Å². The summed E-state index contributed by atoms with van der Waals surface area (Å²) in [5, 5.41) is 1.64. The highest BCUT2D eigenvalue weighted by atomic mass is 28.3. The van der Waals surface area contributed by atoms with Crippen molar-refractivity contribution < 1.29 is 0 Å². The second kappa shape index (κ2) is 4.15. The summed E-state index contributed by atoms with van der Waals surface area (Å²) in [5.41, 5.74) is 4.54. The van der Waals surface area contributed by atoms with Crippen LogP contribution in [0.2, 0.25) is 13.1 Å². The van der Waals surface area contributed by atoms with E-state index in [0.717, 1.165) is 6.42 Å². The van der Waals surface area contributed by atoms with Crippen LogP contribution >= 0.6 is 0 Å². The molecule has 1 atom stereocenters. The van der Waals surface area contributed by atoms with E-state index in [4.69, 9.17) is 0 Å². The monoisotopic (exact) mass is 237 g/mol. The van der Waals surface area contributed by atoms with Crippen LogP contribution in [0.15, 0.2) is 53.3 Å². The zero-order chi connectivity index (χ0) is 11.8. The molecule has 1 aromatic carbocycles. The van der Waals surface area contributed by atoms with Gasteiger partial charge in [0.05, 0.1) is 8.80 Å². The van der Waals surface area contributed by atoms with Crippen molar-refractivity contribution in [2.75, 3.05) is 0 Å². The molecular weight excluding hydrogens is 220 g/mol. The summed E-state index contributed by atoms with van der Waals surface area (Å²) in [6, 6.07) is 8.78. The van der Waals surface area contributed by atoms with Crippen LogP contribution in [0, 0.1) is 0 Å². The van der Waals surface area contributed by atoms with Crippen LogP contribution in [0.25, 0.3) is 6.08 Å². The Morgan fingerprint density at radius 3 is 2.76 bits per heavy atom. The molecule has 2 aliphatic carbocycles. The fourth-order valence-corrected chi connectivity index (χ4v) is 4.21. The number of rotatable bonds is 2. The maximum absolute atomic E-state index is 2.39. The smallest absolute Gasteiger partial charge is 0.0791 e. The van der Waals surface area contributed by atoms with E-state index in [1.807, 2.05) is 0 Å². The summed E-state index contributed by atoms with van der Waals surface area (Å²) in [6.07, 6.45) is 10.5. The zero-order valence-corrected chi connectivity index (χ0v) is 11.4. The lowest BCUT2D eigenvalue weighted by molar-refractivity contribution is 0.970. The van der Waals surface area contributed by atoms with E-state index in [0.29, 0.717) is 5.92 Å². The summed E-state index contributed by atoms with van der Waals surface area (Å²) in [5.74, 6) is 0.538. The molecule has 0 heterocycles. The molecule has 3 rings (SSSR count). The van der Waals surface area contributed by atoms with Crippen molar-refractivity contribution in [3.63, 3.8) is 0 Å². The van der Waals surface area contributed by atoms with E-state index in [9.17, 15) is 0 Å². The SMILES string of the molecule is C[Si](C)C1=C(C2C=Cc3ccccc32)CC=C1. The van der Waals surface area contributed by atoms with Crippen LogP contribution in [0.1, 0.15) is 23.5 Å². The minimum atomic E-state index is -0.340. The standard InChI is InChI=1S/C16H17Si/c1-17(2)16-9-5-8-15(16)14-11-10-12-6-3-4-7-13(12)14/h3-7,9-11,14H,8H2,1-2H3. The van der Waals surface area contributed by atoms with E-state index in [2.05, 4.69) is 61.7 Å². The van der Waals surface area contributed by atoms with E-state index < -0.39 is 0 Å². The van der Waals surface area contributed by atoms with Crippen LogP contribution in [0.4, 0.5) is 0 Å². The van der Waals surface area contributed by atoms with Gasteiger partial charge in [-0.1, -0.05) is 72.4 Å². The second-order valence-corrected chi connectivity index (χ2v) is 7.55. The third-order valence-corrected chi connectivity index (χ3v) is 5.25. The van der Waals surface area contributed by atoms with Crippen molar-refractivity contribution in [1.29, 1.82) is 0 Å². The molecule has 1 unspecified atom stereocenters. The van der Waals surface area contributed by atoms with E-state index >= 15 is 0 Å². The second-order valence-electron chi connectivity index (χ2n) is 5.01. The summed E-state index contributed by atoms with van der Waals surface area (Å²) in [6.45, 7) is 4.78. The number of hydrogen-bond acceptors (Lipinski definition) is 0. The van der Waals surface area contributed by atoms with Crippen molar-refractivity contribution in [3.05, 3.63) is 64.4 Å². The Kier molecular flexibility index (Phi) is 2.64. The molecule has 0 bridgehead atoms. The molecule has 0 nitrogen and oxygen atoms in total. The molecule has 0 aromatic heterocycles. The topological polar surface area (TPSA) is 0 Å². The quantitative estimate of drug-likeness (QED) is 0.671. The molecular formula is C16H17Si. The normalized spacial score (nSPS) is 21.7. The fourth-order valence-electron chi connectivity index (χ4n) is 2.86. The van der Waals surface area contributed by atoms with Crippen molar-refractivity contribution in [2.45, 2.75) is 25.4 Å². The van der Waals surface area contributed by atoms with Crippen molar-refractivity contribution in [2.24, 2.45) is 0 Å². The zero-order valence-electron chi connectivity index (χ0n) is 10.4. The Labute approximate surface area is 105 Å². The van der Waals surface area contributed by atoms with E-state index in [1.165, 1.54) is 11.1 Å². The molecule has 0 fully saturated rings. The first-order valence-electron chi connectivity index (χ1n) is 6.24. The first-order valence-corrected chi connectivity index (χ1v) is 8.74. The first-order chi connectivity index (χ1) is 8.27. The van der Waals surface area contributed by atoms with Crippen molar-refractivity contribution in [1.82, 2.24) is 0 Å². The Morgan fingerprint density at radius 2 is 1.94 bits per heavy atom. The predicted molar refractivity (Wildman–Crippen MR) is 76.5 cm³/mol. The van der Waals surface area contributed by atoms with Crippen molar-refractivity contribution in [3.8, 4) is 0 Å². The Morgan fingerprint density at radius 1 is 1.12 bits per heavy atom. The van der Waals surface area contributed by atoms with Gasteiger partial charge in [-0.15, -0.1) is 0 Å². The highest BCUT2D eigenvalue weighted by molar-refractivity contribution is 6.65. The summed E-state index contributed by atoms with van der Waals surface area (Å²) < 4.78 is 0. The molecule has 0 aliphatic heterocycles.